The van der Waals surface area contributed by atoms with Crippen LogP contribution in [-0.2, 0) is 19.6 Å². The van der Waals surface area contributed by atoms with E-state index in [-0.39, 0.29) is 42.6 Å². The molecule has 1 aromatic carbocycles. The first kappa shape index (κ1) is 13.5. The average molecular weight is 300 g/mol. The number of nitrogens with zero attached hydrogens (tertiary/aromatic N) is 1. The van der Waals surface area contributed by atoms with Gasteiger partial charge >= 0.3 is 0 Å². The molecule has 0 radical (unpaired) electrons. The highest BCUT2D eigenvalue weighted by molar-refractivity contribution is 7.89. The standard InChI is InChI=1S/C12H13FN2O4S/c13-8-2-1-3-9(4-8)20(17,18)15-5-10-11(6-15)19-7-12(16)14-10/h1-4,10-11H,5-7H2,(H,14,16)/t10-,11-/m1/s1. The number of carbonyl (C=O) groups is 1. The molecule has 1 amide bonds. The summed E-state index contributed by atoms with van der Waals surface area (Å²) in [5, 5.41) is 2.70. The van der Waals surface area contributed by atoms with Gasteiger partial charge in [0, 0.05) is 13.1 Å². The van der Waals surface area contributed by atoms with Gasteiger partial charge in [0.2, 0.25) is 15.9 Å². The predicted octanol–water partition coefficient (Wildman–Crippen LogP) is -0.286. The number of hydrogen-bond acceptors (Lipinski definition) is 4. The van der Waals surface area contributed by atoms with Gasteiger partial charge in [0.1, 0.15) is 12.4 Å². The molecule has 0 bridgehead atoms. The minimum atomic E-state index is -3.77. The summed E-state index contributed by atoms with van der Waals surface area (Å²) in [7, 11) is -3.77. The zero-order chi connectivity index (χ0) is 14.3. The van der Waals surface area contributed by atoms with Crippen LogP contribution in [-0.4, -0.2) is 50.5 Å². The highest BCUT2D eigenvalue weighted by Gasteiger charge is 2.43. The Balaban J connectivity index is 1.85. The third-order valence-electron chi connectivity index (χ3n) is 3.44. The van der Waals surface area contributed by atoms with E-state index in [1.807, 2.05) is 0 Å². The van der Waals surface area contributed by atoms with Gasteiger partial charge in [-0.3, -0.25) is 4.79 Å². The van der Waals surface area contributed by atoms with Crippen molar-refractivity contribution < 1.29 is 22.3 Å². The Labute approximate surface area is 115 Å². The van der Waals surface area contributed by atoms with Gasteiger partial charge < -0.3 is 10.1 Å². The van der Waals surface area contributed by atoms with E-state index in [0.29, 0.717) is 0 Å². The summed E-state index contributed by atoms with van der Waals surface area (Å²) in [6.45, 7) is 0.230. The van der Waals surface area contributed by atoms with Crippen LogP contribution >= 0.6 is 0 Å². The first-order chi connectivity index (χ1) is 9.46. The molecule has 0 aliphatic carbocycles. The van der Waals surface area contributed by atoms with E-state index in [1.54, 1.807) is 0 Å². The van der Waals surface area contributed by atoms with E-state index in [1.165, 1.54) is 22.5 Å². The lowest BCUT2D eigenvalue weighted by atomic mass is 10.2. The number of ether oxygens (including phenoxy) is 1. The van der Waals surface area contributed by atoms with Crippen LogP contribution < -0.4 is 5.32 Å². The molecule has 108 valence electrons. The molecule has 6 nitrogen and oxygen atoms in total. The number of carbonyl (C=O) groups excluding carboxylic acids is 1. The van der Waals surface area contributed by atoms with Crippen molar-refractivity contribution in [3.8, 4) is 0 Å². The highest BCUT2D eigenvalue weighted by Crippen LogP contribution is 2.24. The summed E-state index contributed by atoms with van der Waals surface area (Å²) in [6.07, 6.45) is -0.351. The summed E-state index contributed by atoms with van der Waals surface area (Å²) < 4.78 is 44.5. The second kappa shape index (κ2) is 4.80. The van der Waals surface area contributed by atoms with Crippen LogP contribution in [0.2, 0.25) is 0 Å². The summed E-state index contributed by atoms with van der Waals surface area (Å²) >= 11 is 0. The van der Waals surface area contributed by atoms with Gasteiger partial charge in [0.25, 0.3) is 0 Å². The average Bonchev–Trinajstić information content (AvgIpc) is 2.82. The predicted molar refractivity (Wildman–Crippen MR) is 66.8 cm³/mol. The third-order valence-corrected chi connectivity index (χ3v) is 5.27. The molecule has 1 aromatic rings. The molecule has 20 heavy (non-hydrogen) atoms. The maximum Gasteiger partial charge on any atom is 0.246 e. The van der Waals surface area contributed by atoms with E-state index < -0.39 is 15.8 Å². The van der Waals surface area contributed by atoms with Crippen molar-refractivity contribution in [3.05, 3.63) is 30.1 Å². The molecule has 2 aliphatic heterocycles. The zero-order valence-corrected chi connectivity index (χ0v) is 11.3. The van der Waals surface area contributed by atoms with Gasteiger partial charge in [-0.05, 0) is 18.2 Å². The van der Waals surface area contributed by atoms with Crippen LogP contribution in [0.15, 0.2) is 29.2 Å². The van der Waals surface area contributed by atoms with Crippen molar-refractivity contribution in [1.82, 2.24) is 9.62 Å². The maximum absolute atomic E-state index is 13.2. The summed E-state index contributed by atoms with van der Waals surface area (Å²) in [5.41, 5.74) is 0. The SMILES string of the molecule is O=C1CO[C@@H]2CN(S(=O)(=O)c3cccc(F)c3)C[C@H]2N1. The zero-order valence-electron chi connectivity index (χ0n) is 10.5. The molecule has 0 unspecified atom stereocenters. The molecule has 1 N–H and O–H groups in total. The fourth-order valence-electron chi connectivity index (χ4n) is 2.45. The number of fused-ring (bicyclic) bond motifs is 1. The topological polar surface area (TPSA) is 75.7 Å². The monoisotopic (exact) mass is 300 g/mol. The molecule has 8 heteroatoms. The number of sulfonamides is 1. The van der Waals surface area contributed by atoms with Crippen LogP contribution in [0.4, 0.5) is 4.39 Å². The smallest absolute Gasteiger partial charge is 0.246 e. The molecule has 2 aliphatic rings. The van der Waals surface area contributed by atoms with Gasteiger partial charge in [-0.25, -0.2) is 12.8 Å². The van der Waals surface area contributed by atoms with Crippen molar-refractivity contribution in [1.29, 1.82) is 0 Å². The van der Waals surface area contributed by atoms with E-state index in [0.717, 1.165) is 6.07 Å². The van der Waals surface area contributed by atoms with E-state index >= 15 is 0 Å². The molecule has 0 aromatic heterocycles. The van der Waals surface area contributed by atoms with Crippen LogP contribution in [0.5, 0.6) is 0 Å². The summed E-state index contributed by atoms with van der Waals surface area (Å²) in [5.74, 6) is -0.858. The second-order valence-corrected chi connectivity index (χ2v) is 6.74. The van der Waals surface area contributed by atoms with Crippen molar-refractivity contribution in [3.63, 3.8) is 0 Å². The molecule has 2 atom stereocenters. The number of halogens is 1. The fraction of sp³-hybridized carbons (Fsp3) is 0.417. The largest absolute Gasteiger partial charge is 0.365 e. The van der Waals surface area contributed by atoms with Crippen molar-refractivity contribution in [2.45, 2.75) is 17.0 Å². The van der Waals surface area contributed by atoms with E-state index in [9.17, 15) is 17.6 Å². The number of benzene rings is 1. The Hall–Kier alpha value is -1.51. The first-order valence-electron chi connectivity index (χ1n) is 6.13. The van der Waals surface area contributed by atoms with E-state index in [2.05, 4.69) is 5.32 Å². The Bertz CT molecular complexity index is 649. The van der Waals surface area contributed by atoms with Crippen molar-refractivity contribution >= 4 is 15.9 Å². The van der Waals surface area contributed by atoms with Gasteiger partial charge in [0.05, 0.1) is 17.0 Å². The lowest BCUT2D eigenvalue weighted by molar-refractivity contribution is -0.134. The van der Waals surface area contributed by atoms with Crippen LogP contribution in [0.3, 0.4) is 0 Å². The molecule has 2 heterocycles. The van der Waals surface area contributed by atoms with Crippen molar-refractivity contribution in [2.24, 2.45) is 0 Å². The highest BCUT2D eigenvalue weighted by atomic mass is 32.2. The van der Waals surface area contributed by atoms with E-state index in [4.69, 9.17) is 4.74 Å². The second-order valence-electron chi connectivity index (χ2n) is 4.80. The molecule has 2 fully saturated rings. The number of nitrogens with one attached hydrogen (secondary N) is 1. The lowest BCUT2D eigenvalue weighted by Gasteiger charge is -2.24. The Morgan fingerprint density at radius 1 is 1.35 bits per heavy atom. The Kier molecular flexibility index (Phi) is 3.23. The van der Waals surface area contributed by atoms with Crippen LogP contribution in [0, 0.1) is 5.82 Å². The normalized spacial score (nSPS) is 27.1. The maximum atomic E-state index is 13.2. The number of rotatable bonds is 2. The molecular weight excluding hydrogens is 287 g/mol. The molecule has 0 saturated carbocycles. The minimum Gasteiger partial charge on any atom is -0.365 e. The lowest BCUT2D eigenvalue weighted by Crippen LogP contribution is -2.50. The minimum absolute atomic E-state index is 0.0605. The van der Waals surface area contributed by atoms with Gasteiger partial charge in [-0.15, -0.1) is 0 Å². The van der Waals surface area contributed by atoms with Gasteiger partial charge in [0.15, 0.2) is 0 Å². The van der Waals surface area contributed by atoms with Gasteiger partial charge in [-0.1, -0.05) is 6.07 Å². The summed E-state index contributed by atoms with van der Waals surface area (Å²) in [4.78, 5) is 11.1. The third kappa shape index (κ3) is 2.30. The Morgan fingerprint density at radius 3 is 2.90 bits per heavy atom. The number of morpholine rings is 1. The quantitative estimate of drug-likeness (QED) is 0.814. The fourth-order valence-corrected chi connectivity index (χ4v) is 3.96. The molecular formula is C12H13FN2O4S. The summed E-state index contributed by atoms with van der Waals surface area (Å²) in [6, 6.07) is 4.52. The van der Waals surface area contributed by atoms with Crippen LogP contribution in [0.1, 0.15) is 0 Å². The first-order valence-corrected chi connectivity index (χ1v) is 7.57. The van der Waals surface area contributed by atoms with Crippen molar-refractivity contribution in [2.75, 3.05) is 19.7 Å². The van der Waals surface area contributed by atoms with Gasteiger partial charge in [-0.2, -0.15) is 4.31 Å². The number of hydrogen-bond donors (Lipinski definition) is 1. The molecule has 2 saturated heterocycles. The Morgan fingerprint density at radius 2 is 2.15 bits per heavy atom. The molecule has 3 rings (SSSR count). The molecule has 0 spiro atoms. The van der Waals surface area contributed by atoms with Crippen LogP contribution in [0.25, 0.3) is 0 Å². The number of amides is 1.